The van der Waals surface area contributed by atoms with Gasteiger partial charge in [0.05, 0.1) is 0 Å². The van der Waals surface area contributed by atoms with Crippen LogP contribution in [-0.4, -0.2) is 11.6 Å². The van der Waals surface area contributed by atoms with E-state index in [1.54, 1.807) is 12.1 Å². The standard InChI is InChI=1S/C16H16O2/c1-9-7-13-14(8-10(9)2)16(18)12-6-4-3-5-11(12)15(13)17/h3-6,13-14H,7-8H2,1-2H3/t13-,14+. The average molecular weight is 240 g/mol. The summed E-state index contributed by atoms with van der Waals surface area (Å²) in [5.74, 6) is 0.0521. The minimum absolute atomic E-state index is 0.129. The van der Waals surface area contributed by atoms with Crippen molar-refractivity contribution in [1.82, 2.24) is 0 Å². The Kier molecular flexibility index (Phi) is 2.47. The molecule has 0 heterocycles. The Bertz CT molecular complexity index is 530. The average Bonchev–Trinajstić information content (AvgIpc) is 2.38. The highest BCUT2D eigenvalue weighted by molar-refractivity contribution is 6.16. The molecule has 0 fully saturated rings. The van der Waals surface area contributed by atoms with Crippen molar-refractivity contribution in [2.45, 2.75) is 26.7 Å². The molecule has 0 N–H and O–H groups in total. The molecule has 3 rings (SSSR count). The molecule has 0 radical (unpaired) electrons. The van der Waals surface area contributed by atoms with Crippen LogP contribution >= 0.6 is 0 Å². The molecule has 0 amide bonds. The highest BCUT2D eigenvalue weighted by Crippen LogP contribution is 2.41. The summed E-state index contributed by atoms with van der Waals surface area (Å²) in [6.45, 7) is 4.15. The lowest BCUT2D eigenvalue weighted by Crippen LogP contribution is -2.38. The van der Waals surface area contributed by atoms with Crippen molar-refractivity contribution in [3.63, 3.8) is 0 Å². The first-order valence-electron chi connectivity index (χ1n) is 6.42. The molecule has 2 nitrogen and oxygen atoms in total. The molecular weight excluding hydrogens is 224 g/mol. The van der Waals surface area contributed by atoms with E-state index in [1.807, 2.05) is 12.1 Å². The van der Waals surface area contributed by atoms with Crippen LogP contribution < -0.4 is 0 Å². The van der Waals surface area contributed by atoms with Crippen LogP contribution in [0.2, 0.25) is 0 Å². The lowest BCUT2D eigenvalue weighted by molar-refractivity contribution is 0.0721. The third-order valence-corrected chi connectivity index (χ3v) is 4.40. The summed E-state index contributed by atoms with van der Waals surface area (Å²) in [6, 6.07) is 7.24. The van der Waals surface area contributed by atoms with E-state index in [0.717, 1.165) is 12.8 Å². The molecule has 0 aliphatic heterocycles. The van der Waals surface area contributed by atoms with Crippen molar-refractivity contribution < 1.29 is 9.59 Å². The predicted octanol–water partition coefficient (Wildman–Crippen LogP) is 3.43. The number of hydrogen-bond acceptors (Lipinski definition) is 2. The molecule has 1 aromatic rings. The molecule has 2 aliphatic rings. The van der Waals surface area contributed by atoms with E-state index in [2.05, 4.69) is 13.8 Å². The highest BCUT2D eigenvalue weighted by atomic mass is 16.1. The maximum atomic E-state index is 12.5. The zero-order valence-corrected chi connectivity index (χ0v) is 10.7. The predicted molar refractivity (Wildman–Crippen MR) is 69.7 cm³/mol. The van der Waals surface area contributed by atoms with Gasteiger partial charge in [-0.15, -0.1) is 0 Å². The van der Waals surface area contributed by atoms with Crippen molar-refractivity contribution in [2.75, 3.05) is 0 Å². The summed E-state index contributed by atoms with van der Waals surface area (Å²) in [5.41, 5.74) is 3.79. The molecule has 2 heteroatoms. The molecule has 0 saturated carbocycles. The van der Waals surface area contributed by atoms with E-state index in [0.29, 0.717) is 11.1 Å². The molecule has 2 atom stereocenters. The first-order chi connectivity index (χ1) is 8.59. The second kappa shape index (κ2) is 3.91. The zero-order chi connectivity index (χ0) is 12.9. The van der Waals surface area contributed by atoms with Crippen LogP contribution in [0.15, 0.2) is 35.4 Å². The first kappa shape index (κ1) is 11.4. The Morgan fingerprint density at radius 1 is 0.833 bits per heavy atom. The van der Waals surface area contributed by atoms with Crippen molar-refractivity contribution in [1.29, 1.82) is 0 Å². The summed E-state index contributed by atoms with van der Waals surface area (Å²) >= 11 is 0. The first-order valence-corrected chi connectivity index (χ1v) is 6.42. The normalized spacial score (nSPS) is 27.0. The molecule has 0 aromatic heterocycles. The molecule has 92 valence electrons. The monoisotopic (exact) mass is 240 g/mol. The van der Waals surface area contributed by atoms with Gasteiger partial charge in [-0.2, -0.15) is 0 Å². The summed E-state index contributed by atoms with van der Waals surface area (Å²) in [4.78, 5) is 24.9. The smallest absolute Gasteiger partial charge is 0.167 e. The quantitative estimate of drug-likeness (QED) is 0.651. The van der Waals surface area contributed by atoms with Gasteiger partial charge in [0.25, 0.3) is 0 Å². The summed E-state index contributed by atoms with van der Waals surface area (Å²) < 4.78 is 0. The molecule has 0 spiro atoms. The van der Waals surface area contributed by atoms with Crippen molar-refractivity contribution in [3.05, 3.63) is 46.5 Å². The zero-order valence-electron chi connectivity index (χ0n) is 10.7. The second-order valence-electron chi connectivity index (χ2n) is 5.46. The number of ketones is 2. The number of hydrogen-bond donors (Lipinski definition) is 0. The van der Waals surface area contributed by atoms with Gasteiger partial charge in [0.1, 0.15) is 0 Å². The fourth-order valence-corrected chi connectivity index (χ4v) is 3.16. The topological polar surface area (TPSA) is 34.1 Å². The van der Waals surface area contributed by atoms with Gasteiger partial charge in [-0.05, 0) is 26.7 Å². The van der Waals surface area contributed by atoms with Gasteiger partial charge in [-0.3, -0.25) is 9.59 Å². The van der Waals surface area contributed by atoms with E-state index in [-0.39, 0.29) is 23.4 Å². The molecule has 1 aromatic carbocycles. The Balaban J connectivity index is 2.12. The van der Waals surface area contributed by atoms with Crippen molar-refractivity contribution in [2.24, 2.45) is 11.8 Å². The van der Waals surface area contributed by atoms with Gasteiger partial charge in [0.2, 0.25) is 0 Å². The maximum Gasteiger partial charge on any atom is 0.167 e. The van der Waals surface area contributed by atoms with Gasteiger partial charge >= 0.3 is 0 Å². The Morgan fingerprint density at radius 3 is 1.61 bits per heavy atom. The van der Waals surface area contributed by atoms with E-state index in [4.69, 9.17) is 0 Å². The van der Waals surface area contributed by atoms with Crippen LogP contribution in [0.5, 0.6) is 0 Å². The van der Waals surface area contributed by atoms with Gasteiger partial charge in [0.15, 0.2) is 11.6 Å². The van der Waals surface area contributed by atoms with E-state index in [9.17, 15) is 9.59 Å². The SMILES string of the molecule is CC1=C(C)C[C@H]2C(=O)c3ccccc3C(=O)[C@H]2C1. The van der Waals surface area contributed by atoms with Gasteiger partial charge in [-0.1, -0.05) is 35.4 Å². The van der Waals surface area contributed by atoms with Crippen LogP contribution in [0.3, 0.4) is 0 Å². The Morgan fingerprint density at radius 2 is 1.22 bits per heavy atom. The fourth-order valence-electron chi connectivity index (χ4n) is 3.16. The number of benzene rings is 1. The van der Waals surface area contributed by atoms with E-state index >= 15 is 0 Å². The fraction of sp³-hybridized carbons (Fsp3) is 0.375. The van der Waals surface area contributed by atoms with Crippen LogP contribution in [0.25, 0.3) is 0 Å². The lowest BCUT2D eigenvalue weighted by Gasteiger charge is -2.35. The molecule has 0 saturated heterocycles. The number of carbonyl (C=O) groups excluding carboxylic acids is 2. The number of Topliss-reactive ketones (excluding diaryl/α,β-unsaturated/α-hetero) is 2. The van der Waals surface area contributed by atoms with Gasteiger partial charge in [-0.25, -0.2) is 0 Å². The minimum atomic E-state index is -0.129. The Labute approximate surface area is 107 Å². The lowest BCUT2D eigenvalue weighted by atomic mass is 9.66. The molecular formula is C16H16O2. The Hall–Kier alpha value is -1.70. The number of allylic oxidation sites excluding steroid dienone is 2. The number of rotatable bonds is 0. The highest BCUT2D eigenvalue weighted by Gasteiger charge is 2.42. The molecule has 2 aliphatic carbocycles. The van der Waals surface area contributed by atoms with E-state index < -0.39 is 0 Å². The van der Waals surface area contributed by atoms with Crippen molar-refractivity contribution in [3.8, 4) is 0 Å². The van der Waals surface area contributed by atoms with Crippen LogP contribution in [0.1, 0.15) is 47.4 Å². The largest absolute Gasteiger partial charge is 0.294 e. The molecule has 0 bridgehead atoms. The third-order valence-electron chi connectivity index (χ3n) is 4.40. The molecule has 0 unspecified atom stereocenters. The van der Waals surface area contributed by atoms with E-state index in [1.165, 1.54) is 11.1 Å². The third kappa shape index (κ3) is 1.48. The van der Waals surface area contributed by atoms with Gasteiger partial charge < -0.3 is 0 Å². The van der Waals surface area contributed by atoms with Crippen LogP contribution in [0.4, 0.5) is 0 Å². The molecule has 18 heavy (non-hydrogen) atoms. The summed E-state index contributed by atoms with van der Waals surface area (Å²) in [6.07, 6.45) is 1.49. The van der Waals surface area contributed by atoms with Crippen molar-refractivity contribution >= 4 is 11.6 Å². The summed E-state index contributed by atoms with van der Waals surface area (Å²) in [7, 11) is 0. The van der Waals surface area contributed by atoms with Crippen LogP contribution in [0, 0.1) is 11.8 Å². The number of fused-ring (bicyclic) bond motifs is 2. The van der Waals surface area contributed by atoms with Gasteiger partial charge in [0, 0.05) is 23.0 Å². The second-order valence-corrected chi connectivity index (χ2v) is 5.46. The number of carbonyl (C=O) groups is 2. The van der Waals surface area contributed by atoms with Crippen LogP contribution in [-0.2, 0) is 0 Å². The maximum absolute atomic E-state index is 12.5. The minimum Gasteiger partial charge on any atom is -0.294 e. The summed E-state index contributed by atoms with van der Waals surface area (Å²) in [5, 5.41) is 0.